The number of nitrogens with zero attached hydrogens (tertiary/aromatic N) is 1. The van der Waals surface area contributed by atoms with Crippen molar-refractivity contribution in [3.63, 3.8) is 0 Å². The zero-order chi connectivity index (χ0) is 29.3. The van der Waals surface area contributed by atoms with Crippen molar-refractivity contribution in [1.82, 2.24) is 15.6 Å². The molecule has 0 saturated heterocycles. The van der Waals surface area contributed by atoms with Crippen LogP contribution in [0.1, 0.15) is 38.5 Å². The molecule has 3 aliphatic rings. The Morgan fingerprint density at radius 1 is 1.02 bits per heavy atom. The van der Waals surface area contributed by atoms with Crippen molar-refractivity contribution < 1.29 is 29.0 Å². The van der Waals surface area contributed by atoms with Gasteiger partial charge in [-0.2, -0.15) is 0 Å². The number of ether oxygens (including phenoxy) is 2. The van der Waals surface area contributed by atoms with Crippen molar-refractivity contribution in [2.24, 2.45) is 17.8 Å². The third-order valence-electron chi connectivity index (χ3n) is 8.74. The monoisotopic (exact) mass is 569 g/mol. The van der Waals surface area contributed by atoms with Crippen molar-refractivity contribution in [1.29, 1.82) is 0 Å². The maximum Gasteiger partial charge on any atom is 0.330 e. The summed E-state index contributed by atoms with van der Waals surface area (Å²) in [5.41, 5.74) is 1.05. The van der Waals surface area contributed by atoms with Gasteiger partial charge in [0, 0.05) is 35.5 Å². The Bertz CT molecular complexity index is 1540. The van der Waals surface area contributed by atoms with Crippen LogP contribution in [0.4, 0.5) is 0 Å². The molecule has 2 heterocycles. The smallest absolute Gasteiger partial charge is 0.330 e. The minimum absolute atomic E-state index is 0.195. The van der Waals surface area contributed by atoms with Gasteiger partial charge >= 0.3 is 5.97 Å². The third-order valence-corrected chi connectivity index (χ3v) is 8.74. The number of hydrogen-bond donors (Lipinski definition) is 3. The molecular formula is C33H35N3O6. The summed E-state index contributed by atoms with van der Waals surface area (Å²) in [7, 11) is 1.60. The van der Waals surface area contributed by atoms with E-state index in [0.29, 0.717) is 42.8 Å². The molecule has 2 aromatic carbocycles. The van der Waals surface area contributed by atoms with Gasteiger partial charge < -0.3 is 25.2 Å². The van der Waals surface area contributed by atoms with E-state index in [1.165, 1.54) is 0 Å². The second-order valence-corrected chi connectivity index (χ2v) is 11.5. The molecule has 1 aliphatic heterocycles. The van der Waals surface area contributed by atoms with E-state index in [2.05, 4.69) is 10.6 Å². The Kier molecular flexibility index (Phi) is 7.58. The fourth-order valence-electron chi connectivity index (χ4n) is 6.27. The summed E-state index contributed by atoms with van der Waals surface area (Å²) in [6, 6.07) is 17.3. The number of hydrogen-bond acceptors (Lipinski definition) is 6. The van der Waals surface area contributed by atoms with Gasteiger partial charge in [-0.3, -0.25) is 9.59 Å². The van der Waals surface area contributed by atoms with Gasteiger partial charge in [0.15, 0.2) is 0 Å². The van der Waals surface area contributed by atoms with E-state index in [9.17, 15) is 19.5 Å². The first-order chi connectivity index (χ1) is 20.4. The number of carboxylic acid groups (broad SMARTS) is 1. The van der Waals surface area contributed by atoms with Crippen molar-refractivity contribution in [3.05, 3.63) is 66.7 Å². The van der Waals surface area contributed by atoms with Gasteiger partial charge in [-0.15, -0.1) is 0 Å². The minimum Gasteiger partial charge on any atom is -0.497 e. The predicted molar refractivity (Wildman–Crippen MR) is 157 cm³/mol. The number of allylic oxidation sites excluding steroid dienone is 1. The molecule has 0 radical (unpaired) electrons. The number of pyridine rings is 1. The number of fused-ring (bicyclic) bond motifs is 3. The van der Waals surface area contributed by atoms with Crippen molar-refractivity contribution in [2.75, 3.05) is 13.7 Å². The Balaban J connectivity index is 1.31. The van der Waals surface area contributed by atoms with Crippen LogP contribution in [-0.4, -0.2) is 53.2 Å². The summed E-state index contributed by atoms with van der Waals surface area (Å²) >= 11 is 0. The van der Waals surface area contributed by atoms with Crippen LogP contribution in [-0.2, 0) is 14.4 Å². The van der Waals surface area contributed by atoms with Crippen LogP contribution in [0.15, 0.2) is 66.7 Å². The lowest BCUT2D eigenvalue weighted by Crippen LogP contribution is -2.49. The molecule has 5 atom stereocenters. The van der Waals surface area contributed by atoms with Crippen LogP contribution in [0.5, 0.6) is 11.5 Å². The van der Waals surface area contributed by atoms with E-state index in [-0.39, 0.29) is 11.8 Å². The first kappa shape index (κ1) is 27.8. The van der Waals surface area contributed by atoms with Gasteiger partial charge in [0.25, 0.3) is 0 Å². The van der Waals surface area contributed by atoms with Gasteiger partial charge in [-0.05, 0) is 50.7 Å². The highest BCUT2D eigenvalue weighted by Gasteiger charge is 2.61. The number of carbonyl (C=O) groups is 3. The lowest BCUT2D eigenvalue weighted by Gasteiger charge is -2.22. The van der Waals surface area contributed by atoms with Crippen LogP contribution >= 0.6 is 0 Å². The maximum atomic E-state index is 13.6. The van der Waals surface area contributed by atoms with Crippen LogP contribution in [0.3, 0.4) is 0 Å². The van der Waals surface area contributed by atoms with Gasteiger partial charge in [0.1, 0.15) is 23.1 Å². The Morgan fingerprint density at radius 2 is 1.81 bits per heavy atom. The number of rotatable bonds is 5. The number of methoxy groups -OCH3 is 1. The number of carbonyl (C=O) groups excluding carboxylic acids is 2. The van der Waals surface area contributed by atoms with E-state index in [1.807, 2.05) is 66.7 Å². The maximum absolute atomic E-state index is 13.6. The van der Waals surface area contributed by atoms with Gasteiger partial charge in [-0.1, -0.05) is 42.5 Å². The molecule has 9 heteroatoms. The molecule has 6 rings (SSSR count). The highest BCUT2D eigenvalue weighted by atomic mass is 16.5. The zero-order valence-electron chi connectivity index (χ0n) is 23.5. The van der Waals surface area contributed by atoms with Gasteiger partial charge in [0.2, 0.25) is 11.8 Å². The largest absolute Gasteiger partial charge is 0.497 e. The summed E-state index contributed by atoms with van der Waals surface area (Å²) in [4.78, 5) is 44.0. The van der Waals surface area contributed by atoms with Crippen LogP contribution in [0.2, 0.25) is 0 Å². The molecule has 0 bridgehead atoms. The average molecular weight is 570 g/mol. The van der Waals surface area contributed by atoms with Crippen molar-refractivity contribution in [3.8, 4) is 22.8 Å². The Hall–Kier alpha value is -4.40. The van der Waals surface area contributed by atoms with Gasteiger partial charge in [0.05, 0.1) is 30.2 Å². The van der Waals surface area contributed by atoms with E-state index in [0.717, 1.165) is 35.9 Å². The number of aromatic nitrogens is 1. The molecule has 42 heavy (non-hydrogen) atoms. The molecule has 2 aliphatic carbocycles. The zero-order valence-corrected chi connectivity index (χ0v) is 23.5. The molecule has 9 nitrogen and oxygen atoms in total. The SMILES string of the molecule is COc1ccc2c(O[C@H]3C[C@H]4C(=O)NCCCCC=C[C@@H]5C[C@@]5(C(=O)O)NC(=O)[C@@H]4C3)cc(-c3ccccc3)nc2c1. The van der Waals surface area contributed by atoms with E-state index >= 15 is 0 Å². The molecule has 3 N–H and O–H groups in total. The van der Waals surface area contributed by atoms with E-state index in [1.54, 1.807) is 7.11 Å². The minimum atomic E-state index is -1.32. The average Bonchev–Trinajstić information content (AvgIpc) is 3.53. The lowest BCUT2D eigenvalue weighted by atomic mass is 9.93. The number of carboxylic acids is 1. The summed E-state index contributed by atoms with van der Waals surface area (Å²) in [6.45, 7) is 0.531. The van der Waals surface area contributed by atoms with Crippen molar-refractivity contribution in [2.45, 2.75) is 50.2 Å². The molecule has 218 valence electrons. The molecular weight excluding hydrogens is 534 g/mol. The second kappa shape index (κ2) is 11.5. The molecule has 2 amide bonds. The summed E-state index contributed by atoms with van der Waals surface area (Å²) < 4.78 is 12.0. The number of amides is 2. The van der Waals surface area contributed by atoms with Crippen LogP contribution in [0, 0.1) is 17.8 Å². The number of nitrogens with one attached hydrogen (secondary N) is 2. The molecule has 2 saturated carbocycles. The number of aliphatic carboxylic acids is 1. The summed E-state index contributed by atoms with van der Waals surface area (Å²) in [6.07, 6.45) is 6.94. The Morgan fingerprint density at radius 3 is 2.57 bits per heavy atom. The van der Waals surface area contributed by atoms with Crippen molar-refractivity contribution >= 4 is 28.7 Å². The molecule has 0 spiro atoms. The molecule has 0 unspecified atom stereocenters. The highest BCUT2D eigenvalue weighted by Crippen LogP contribution is 2.46. The number of benzene rings is 2. The molecule has 1 aromatic heterocycles. The van der Waals surface area contributed by atoms with E-state index < -0.39 is 35.4 Å². The summed E-state index contributed by atoms with van der Waals surface area (Å²) in [5, 5.41) is 16.6. The second-order valence-electron chi connectivity index (χ2n) is 11.5. The third kappa shape index (κ3) is 5.43. The fourth-order valence-corrected chi connectivity index (χ4v) is 6.27. The van der Waals surface area contributed by atoms with E-state index in [4.69, 9.17) is 14.5 Å². The topological polar surface area (TPSA) is 127 Å². The predicted octanol–water partition coefficient (Wildman–Crippen LogP) is 4.50. The van der Waals surface area contributed by atoms with Crippen LogP contribution in [0.25, 0.3) is 22.2 Å². The molecule has 2 fully saturated rings. The molecule has 3 aromatic rings. The van der Waals surface area contributed by atoms with Crippen LogP contribution < -0.4 is 20.1 Å². The summed E-state index contributed by atoms with van der Waals surface area (Å²) in [5.74, 6) is -1.96. The lowest BCUT2D eigenvalue weighted by molar-refractivity contribution is -0.144. The van der Waals surface area contributed by atoms with Gasteiger partial charge in [-0.25, -0.2) is 9.78 Å². The Labute approximate surface area is 244 Å². The quantitative estimate of drug-likeness (QED) is 0.386. The first-order valence-corrected chi connectivity index (χ1v) is 14.6. The first-order valence-electron chi connectivity index (χ1n) is 14.6. The fraction of sp³-hybridized carbons (Fsp3) is 0.394. The highest BCUT2D eigenvalue weighted by molar-refractivity contribution is 5.94. The normalized spacial score (nSPS) is 27.6. The standard InChI is InChI=1S/C33H35N3O6/c1-41-22-12-13-24-28(17-22)35-27(20-9-5-4-6-10-20)18-29(24)42-23-15-25-26(16-23)31(38)36-33(32(39)40)19-21(33)11-7-2-3-8-14-34-30(25)37/h4-7,9-13,17-18,21,23,25-26H,2-3,8,14-16,19H2,1H3,(H,34,37)(H,36,38)(H,39,40)/t21-,23+,25-,26-,33-/m1/s1.